The third-order valence-corrected chi connectivity index (χ3v) is 2.99. The van der Waals surface area contributed by atoms with Crippen LogP contribution in [0.2, 0.25) is 0 Å². The van der Waals surface area contributed by atoms with Crippen molar-refractivity contribution >= 4 is 21.8 Å². The topological polar surface area (TPSA) is 96.3 Å². The van der Waals surface area contributed by atoms with E-state index in [2.05, 4.69) is 18.2 Å². The van der Waals surface area contributed by atoms with Crippen LogP contribution >= 0.6 is 0 Å². The van der Waals surface area contributed by atoms with Gasteiger partial charge in [-0.1, -0.05) is 25.3 Å². The smallest absolute Gasteiger partial charge is 0.238 e. The Kier molecular flexibility index (Phi) is 4.15. The van der Waals surface area contributed by atoms with E-state index in [-0.39, 0.29) is 10.6 Å². The molecular formula is C12H11N3O2S. The van der Waals surface area contributed by atoms with Crippen LogP contribution in [0.15, 0.2) is 53.0 Å². The van der Waals surface area contributed by atoms with E-state index in [1.54, 1.807) is 18.2 Å². The fourth-order valence-electron chi connectivity index (χ4n) is 1.12. The van der Waals surface area contributed by atoms with Crippen molar-refractivity contribution in [1.29, 1.82) is 5.26 Å². The van der Waals surface area contributed by atoms with Gasteiger partial charge in [-0.2, -0.15) is 5.26 Å². The Morgan fingerprint density at radius 1 is 1.33 bits per heavy atom. The maximum atomic E-state index is 11.0. The van der Waals surface area contributed by atoms with Gasteiger partial charge in [-0.25, -0.2) is 18.5 Å². The molecule has 1 aromatic carbocycles. The number of nitriles is 1. The lowest BCUT2D eigenvalue weighted by atomic mass is 10.1. The quantitative estimate of drug-likeness (QED) is 0.656. The monoisotopic (exact) mass is 261 g/mol. The molecule has 0 aliphatic heterocycles. The summed E-state index contributed by atoms with van der Waals surface area (Å²) in [4.78, 5) is 3.79. The van der Waals surface area contributed by atoms with Crippen molar-refractivity contribution in [2.24, 2.45) is 10.1 Å². The summed E-state index contributed by atoms with van der Waals surface area (Å²) in [5.74, 6) is 0. The lowest BCUT2D eigenvalue weighted by molar-refractivity contribution is 0.598. The number of nitrogens with two attached hydrogens (primary N) is 1. The molecule has 0 saturated carbocycles. The van der Waals surface area contributed by atoms with Crippen LogP contribution in [0.1, 0.15) is 5.56 Å². The number of hydrogen-bond acceptors (Lipinski definition) is 4. The summed E-state index contributed by atoms with van der Waals surface area (Å²) in [5, 5.41) is 13.4. The van der Waals surface area contributed by atoms with E-state index >= 15 is 0 Å². The van der Waals surface area contributed by atoms with E-state index in [4.69, 9.17) is 10.4 Å². The first-order valence-corrected chi connectivity index (χ1v) is 6.34. The summed E-state index contributed by atoms with van der Waals surface area (Å²) in [6.07, 6.45) is 1.39. The molecule has 0 unspecified atom stereocenters. The highest BCUT2D eigenvalue weighted by Gasteiger charge is 2.07. The summed E-state index contributed by atoms with van der Waals surface area (Å²) < 4.78 is 22.1. The standard InChI is InChI=1S/C12H11N3O2S/c1-9(8-15-10(2)7-13)11-3-5-12(6-4-11)18(14,16)17/h3-6,8H,1-2H2,(H2,14,16,17). The molecule has 0 bridgehead atoms. The van der Waals surface area contributed by atoms with Gasteiger partial charge in [0, 0.05) is 6.21 Å². The van der Waals surface area contributed by atoms with E-state index in [0.29, 0.717) is 11.1 Å². The Bertz CT molecular complexity index is 650. The van der Waals surface area contributed by atoms with Crippen molar-refractivity contribution in [3.63, 3.8) is 0 Å². The lowest BCUT2D eigenvalue weighted by Gasteiger charge is -2.02. The van der Waals surface area contributed by atoms with Gasteiger partial charge in [0.1, 0.15) is 11.8 Å². The van der Waals surface area contributed by atoms with Crippen molar-refractivity contribution in [2.45, 2.75) is 4.90 Å². The second-order valence-electron chi connectivity index (χ2n) is 3.41. The van der Waals surface area contributed by atoms with Gasteiger partial charge in [0.15, 0.2) is 0 Å². The van der Waals surface area contributed by atoms with Crippen molar-refractivity contribution in [3.05, 3.63) is 48.7 Å². The number of primary sulfonamides is 1. The van der Waals surface area contributed by atoms with Crippen LogP contribution in [0.25, 0.3) is 5.57 Å². The predicted octanol–water partition coefficient (Wildman–Crippen LogP) is 1.46. The van der Waals surface area contributed by atoms with Gasteiger partial charge in [-0.15, -0.1) is 0 Å². The summed E-state index contributed by atoms with van der Waals surface area (Å²) in [6, 6.07) is 7.64. The van der Waals surface area contributed by atoms with Gasteiger partial charge in [0.05, 0.1) is 4.90 Å². The summed E-state index contributed by atoms with van der Waals surface area (Å²) in [5.41, 5.74) is 1.28. The van der Waals surface area contributed by atoms with E-state index in [1.165, 1.54) is 18.3 Å². The first kappa shape index (κ1) is 13.8. The van der Waals surface area contributed by atoms with Crippen molar-refractivity contribution in [2.75, 3.05) is 0 Å². The number of sulfonamides is 1. The first-order chi connectivity index (χ1) is 8.34. The molecule has 0 aromatic heterocycles. The number of aliphatic imine (C=N–C) groups is 1. The Balaban J connectivity index is 2.94. The third-order valence-electron chi connectivity index (χ3n) is 2.06. The van der Waals surface area contributed by atoms with Gasteiger partial charge in [-0.3, -0.25) is 0 Å². The lowest BCUT2D eigenvalue weighted by Crippen LogP contribution is -2.11. The van der Waals surface area contributed by atoms with E-state index in [9.17, 15) is 8.42 Å². The molecule has 0 aliphatic carbocycles. The number of benzene rings is 1. The van der Waals surface area contributed by atoms with Crippen LogP contribution in [-0.4, -0.2) is 14.6 Å². The van der Waals surface area contributed by atoms with E-state index in [0.717, 1.165) is 0 Å². The average Bonchev–Trinajstić information content (AvgIpc) is 2.34. The molecule has 5 nitrogen and oxygen atoms in total. The normalized spacial score (nSPS) is 11.1. The highest BCUT2D eigenvalue weighted by Crippen LogP contribution is 2.14. The fraction of sp³-hybridized carbons (Fsp3) is 0. The first-order valence-electron chi connectivity index (χ1n) is 4.80. The molecule has 6 heteroatoms. The molecule has 92 valence electrons. The molecule has 0 radical (unpaired) electrons. The van der Waals surface area contributed by atoms with Crippen molar-refractivity contribution < 1.29 is 8.42 Å². The summed E-state index contributed by atoms with van der Waals surface area (Å²) in [7, 11) is -3.70. The molecule has 18 heavy (non-hydrogen) atoms. The maximum absolute atomic E-state index is 11.0. The van der Waals surface area contributed by atoms with E-state index < -0.39 is 10.0 Å². The molecule has 0 amide bonds. The molecule has 0 atom stereocenters. The minimum Gasteiger partial charge on any atom is -0.246 e. The zero-order valence-corrected chi connectivity index (χ0v) is 10.3. The van der Waals surface area contributed by atoms with Crippen LogP contribution in [0.5, 0.6) is 0 Å². The number of hydrogen-bond donors (Lipinski definition) is 1. The van der Waals surface area contributed by atoms with Crippen LogP contribution in [0.3, 0.4) is 0 Å². The zero-order chi connectivity index (χ0) is 13.8. The molecule has 0 saturated heterocycles. The van der Waals surface area contributed by atoms with Crippen molar-refractivity contribution in [1.82, 2.24) is 0 Å². The Labute approximate surface area is 106 Å². The average molecular weight is 261 g/mol. The second kappa shape index (κ2) is 5.40. The molecule has 1 aromatic rings. The Morgan fingerprint density at radius 2 is 1.89 bits per heavy atom. The van der Waals surface area contributed by atoms with E-state index in [1.807, 2.05) is 0 Å². The molecule has 0 fully saturated rings. The van der Waals surface area contributed by atoms with Gasteiger partial charge in [0.2, 0.25) is 10.0 Å². The second-order valence-corrected chi connectivity index (χ2v) is 4.97. The van der Waals surface area contributed by atoms with Gasteiger partial charge >= 0.3 is 0 Å². The number of allylic oxidation sites excluding steroid dienone is 2. The fourth-order valence-corrected chi connectivity index (χ4v) is 1.63. The molecule has 1 rings (SSSR count). The molecular weight excluding hydrogens is 250 g/mol. The number of nitrogens with zero attached hydrogens (tertiary/aromatic N) is 2. The largest absolute Gasteiger partial charge is 0.246 e. The minimum atomic E-state index is -3.70. The van der Waals surface area contributed by atoms with Crippen LogP contribution < -0.4 is 5.14 Å². The Morgan fingerprint density at radius 3 is 2.33 bits per heavy atom. The predicted molar refractivity (Wildman–Crippen MR) is 70.1 cm³/mol. The SMILES string of the molecule is C=C(C#N)N=CC(=C)c1ccc(S(N)(=O)=O)cc1. The van der Waals surface area contributed by atoms with Gasteiger partial charge < -0.3 is 0 Å². The highest BCUT2D eigenvalue weighted by molar-refractivity contribution is 7.89. The molecule has 0 aliphatic rings. The molecule has 0 heterocycles. The molecule has 0 spiro atoms. The van der Waals surface area contributed by atoms with Gasteiger partial charge in [0.25, 0.3) is 0 Å². The van der Waals surface area contributed by atoms with Crippen LogP contribution in [0, 0.1) is 11.3 Å². The minimum absolute atomic E-state index is 0.0254. The number of rotatable bonds is 4. The van der Waals surface area contributed by atoms with Crippen LogP contribution in [0.4, 0.5) is 0 Å². The van der Waals surface area contributed by atoms with Crippen LogP contribution in [-0.2, 0) is 10.0 Å². The van der Waals surface area contributed by atoms with Crippen molar-refractivity contribution in [3.8, 4) is 6.07 Å². The third kappa shape index (κ3) is 3.66. The molecule has 2 N–H and O–H groups in total. The van der Waals surface area contributed by atoms with Gasteiger partial charge in [-0.05, 0) is 23.3 Å². The summed E-state index contributed by atoms with van der Waals surface area (Å²) >= 11 is 0. The Hall–Kier alpha value is -2.23. The zero-order valence-electron chi connectivity index (χ0n) is 9.50. The maximum Gasteiger partial charge on any atom is 0.238 e. The summed E-state index contributed by atoms with van der Waals surface area (Å²) in [6.45, 7) is 7.13. The highest BCUT2D eigenvalue weighted by atomic mass is 32.2.